The minimum Gasteiger partial charge on any atom is -0.481 e. The van der Waals surface area contributed by atoms with Crippen LogP contribution < -0.4 is 0 Å². The number of nitrogens with zero attached hydrogens (tertiary/aromatic N) is 1. The largest absolute Gasteiger partial charge is 0.481 e. The third-order valence-electron chi connectivity index (χ3n) is 2.79. The van der Waals surface area contributed by atoms with Crippen molar-refractivity contribution in [3.05, 3.63) is 42.0 Å². The molecule has 0 saturated heterocycles. The predicted molar refractivity (Wildman–Crippen MR) is 76.2 cm³/mol. The van der Waals surface area contributed by atoms with Gasteiger partial charge in [0.25, 0.3) is 0 Å². The molecule has 3 nitrogen and oxygen atoms in total. The predicted octanol–water partition coefficient (Wildman–Crippen LogP) is 3.67. The number of carbonyl (C=O) groups is 1. The topological polar surface area (TPSA) is 61.1 Å². The zero-order valence-corrected chi connectivity index (χ0v) is 11.3. The van der Waals surface area contributed by atoms with Gasteiger partial charge in [-0.2, -0.15) is 5.26 Å². The molecule has 1 unspecified atom stereocenters. The van der Waals surface area contributed by atoms with Gasteiger partial charge in [-0.3, -0.25) is 4.79 Å². The van der Waals surface area contributed by atoms with Gasteiger partial charge in [-0.05, 0) is 17.5 Å². The number of carboxylic acids is 1. The monoisotopic (exact) mass is 271 g/mol. The van der Waals surface area contributed by atoms with Crippen LogP contribution in [0.15, 0.2) is 41.3 Å². The lowest BCUT2D eigenvalue weighted by Crippen LogP contribution is -2.05. The van der Waals surface area contributed by atoms with E-state index in [-0.39, 0.29) is 11.7 Å². The van der Waals surface area contributed by atoms with Crippen LogP contribution in [0.1, 0.15) is 18.9 Å². The van der Waals surface area contributed by atoms with Crippen LogP contribution in [0.2, 0.25) is 0 Å². The summed E-state index contributed by atoms with van der Waals surface area (Å²) >= 11 is 1.53. The first-order valence-corrected chi connectivity index (χ1v) is 6.80. The molecule has 2 aromatic rings. The Labute approximate surface area is 115 Å². The number of hydrogen-bond donors (Lipinski definition) is 1. The molecule has 0 bridgehead atoms. The van der Waals surface area contributed by atoms with Gasteiger partial charge < -0.3 is 5.11 Å². The van der Waals surface area contributed by atoms with E-state index >= 15 is 0 Å². The van der Waals surface area contributed by atoms with Crippen molar-refractivity contribution in [3.63, 3.8) is 0 Å². The number of hydrogen-bond acceptors (Lipinski definition) is 3. The molecule has 0 heterocycles. The van der Waals surface area contributed by atoms with Crippen molar-refractivity contribution in [3.8, 4) is 6.07 Å². The fraction of sp³-hybridized carbons (Fsp3) is 0.200. The number of nitriles is 1. The second-order valence-electron chi connectivity index (χ2n) is 4.29. The first-order valence-electron chi connectivity index (χ1n) is 5.92. The van der Waals surface area contributed by atoms with E-state index in [0.717, 1.165) is 15.7 Å². The Balaban J connectivity index is 2.40. The van der Waals surface area contributed by atoms with Crippen LogP contribution in [0.25, 0.3) is 10.8 Å². The van der Waals surface area contributed by atoms with Crippen molar-refractivity contribution >= 4 is 28.5 Å². The first-order chi connectivity index (χ1) is 9.11. The van der Waals surface area contributed by atoms with Gasteiger partial charge in [0, 0.05) is 15.5 Å². The molecule has 0 aromatic heterocycles. The quantitative estimate of drug-likeness (QED) is 0.862. The second kappa shape index (κ2) is 5.77. The van der Waals surface area contributed by atoms with E-state index in [1.807, 2.05) is 37.3 Å². The van der Waals surface area contributed by atoms with Crippen molar-refractivity contribution in [1.29, 1.82) is 5.26 Å². The minimum absolute atomic E-state index is 0.00570. The average Bonchev–Trinajstić information content (AvgIpc) is 2.38. The highest BCUT2D eigenvalue weighted by molar-refractivity contribution is 8.00. The molecule has 0 spiro atoms. The maximum atomic E-state index is 10.7. The van der Waals surface area contributed by atoms with Gasteiger partial charge in [0.2, 0.25) is 0 Å². The van der Waals surface area contributed by atoms with Crippen LogP contribution >= 0.6 is 11.8 Å². The smallest absolute Gasteiger partial charge is 0.304 e. The highest BCUT2D eigenvalue weighted by Crippen LogP contribution is 2.33. The number of rotatable bonds is 4. The Morgan fingerprint density at radius 3 is 2.63 bits per heavy atom. The molecule has 1 N–H and O–H groups in total. The molecule has 0 saturated carbocycles. The average molecular weight is 271 g/mol. The van der Waals surface area contributed by atoms with Crippen LogP contribution in [0.4, 0.5) is 0 Å². The van der Waals surface area contributed by atoms with Crippen LogP contribution in [-0.2, 0) is 4.79 Å². The summed E-state index contributed by atoms with van der Waals surface area (Å²) in [5.41, 5.74) is 0.644. The zero-order chi connectivity index (χ0) is 13.8. The molecular formula is C15H13NO2S. The van der Waals surface area contributed by atoms with E-state index in [0.29, 0.717) is 5.56 Å². The fourth-order valence-corrected chi connectivity index (χ4v) is 3.09. The van der Waals surface area contributed by atoms with E-state index in [1.54, 1.807) is 6.07 Å². The van der Waals surface area contributed by atoms with Gasteiger partial charge >= 0.3 is 5.97 Å². The molecule has 2 rings (SSSR count). The molecular weight excluding hydrogens is 258 g/mol. The molecule has 0 aliphatic carbocycles. The number of fused-ring (bicyclic) bond motifs is 1. The lowest BCUT2D eigenvalue weighted by molar-refractivity contribution is -0.136. The van der Waals surface area contributed by atoms with E-state index in [9.17, 15) is 4.79 Å². The maximum absolute atomic E-state index is 10.7. The first kappa shape index (κ1) is 13.4. The van der Waals surface area contributed by atoms with E-state index in [4.69, 9.17) is 10.4 Å². The molecule has 4 heteroatoms. The molecule has 1 atom stereocenters. The standard InChI is InChI=1S/C15H13NO2S/c1-10(8-15(17)18)19-14-7-6-11(9-16)12-4-2-3-5-13(12)14/h2-7,10H,8H2,1H3,(H,17,18). The van der Waals surface area contributed by atoms with Gasteiger partial charge in [-0.25, -0.2) is 0 Å². The third-order valence-corrected chi connectivity index (χ3v) is 3.97. The van der Waals surface area contributed by atoms with E-state index in [1.165, 1.54) is 11.8 Å². The zero-order valence-electron chi connectivity index (χ0n) is 10.5. The number of thioether (sulfide) groups is 1. The maximum Gasteiger partial charge on any atom is 0.304 e. The summed E-state index contributed by atoms with van der Waals surface area (Å²) in [6, 6.07) is 13.6. The van der Waals surface area contributed by atoms with Crippen LogP contribution in [0.3, 0.4) is 0 Å². The van der Waals surface area contributed by atoms with Gasteiger partial charge in [-0.15, -0.1) is 11.8 Å². The van der Waals surface area contributed by atoms with Crippen molar-refractivity contribution < 1.29 is 9.90 Å². The summed E-state index contributed by atoms with van der Waals surface area (Å²) in [5, 5.41) is 19.8. The van der Waals surface area contributed by atoms with Crippen LogP contribution in [0.5, 0.6) is 0 Å². The highest BCUT2D eigenvalue weighted by Gasteiger charge is 2.12. The lowest BCUT2D eigenvalue weighted by atomic mass is 10.1. The Hall–Kier alpha value is -1.99. The molecule has 0 aliphatic rings. The van der Waals surface area contributed by atoms with Crippen LogP contribution in [-0.4, -0.2) is 16.3 Å². The summed E-state index contributed by atoms with van der Waals surface area (Å²) in [5.74, 6) is -0.794. The van der Waals surface area contributed by atoms with Gasteiger partial charge in [0.15, 0.2) is 0 Å². The van der Waals surface area contributed by atoms with E-state index in [2.05, 4.69) is 6.07 Å². The Morgan fingerprint density at radius 2 is 2.00 bits per heavy atom. The van der Waals surface area contributed by atoms with Gasteiger partial charge in [0.05, 0.1) is 18.1 Å². The molecule has 0 aliphatic heterocycles. The van der Waals surface area contributed by atoms with E-state index < -0.39 is 5.97 Å². The Kier molecular flexibility index (Phi) is 4.08. The molecule has 2 aromatic carbocycles. The highest BCUT2D eigenvalue weighted by atomic mass is 32.2. The molecule has 0 fully saturated rings. The summed E-state index contributed by atoms with van der Waals surface area (Å²) in [6.45, 7) is 1.89. The summed E-state index contributed by atoms with van der Waals surface area (Å²) in [4.78, 5) is 11.7. The molecule has 0 radical (unpaired) electrons. The fourth-order valence-electron chi connectivity index (χ4n) is 1.98. The normalized spacial score (nSPS) is 12.0. The number of aliphatic carboxylic acids is 1. The summed E-state index contributed by atoms with van der Waals surface area (Å²) < 4.78 is 0. The molecule has 0 amide bonds. The lowest BCUT2D eigenvalue weighted by Gasteiger charge is -2.11. The Morgan fingerprint density at radius 1 is 1.32 bits per heavy atom. The minimum atomic E-state index is -0.794. The van der Waals surface area contributed by atoms with Gasteiger partial charge in [-0.1, -0.05) is 31.2 Å². The summed E-state index contributed by atoms with van der Waals surface area (Å²) in [7, 11) is 0. The number of carboxylic acid groups (broad SMARTS) is 1. The van der Waals surface area contributed by atoms with Crippen molar-refractivity contribution in [2.45, 2.75) is 23.5 Å². The van der Waals surface area contributed by atoms with Crippen molar-refractivity contribution in [2.75, 3.05) is 0 Å². The third kappa shape index (κ3) is 3.07. The van der Waals surface area contributed by atoms with Gasteiger partial charge in [0.1, 0.15) is 0 Å². The van der Waals surface area contributed by atoms with Crippen LogP contribution in [0, 0.1) is 11.3 Å². The Bertz CT molecular complexity index is 661. The molecule has 19 heavy (non-hydrogen) atoms. The SMILES string of the molecule is CC(CC(=O)O)Sc1ccc(C#N)c2ccccc12. The summed E-state index contributed by atoms with van der Waals surface area (Å²) in [6.07, 6.45) is 0.124. The second-order valence-corrected chi connectivity index (χ2v) is 5.78. The van der Waals surface area contributed by atoms with Crippen molar-refractivity contribution in [1.82, 2.24) is 0 Å². The number of benzene rings is 2. The van der Waals surface area contributed by atoms with Crippen molar-refractivity contribution in [2.24, 2.45) is 0 Å². The molecule has 96 valence electrons.